The molecular formula is C8H10N2O2. The molecule has 4 heteroatoms. The first-order valence-corrected chi connectivity index (χ1v) is 4.02. The molecule has 0 aromatic carbocycles. The van der Waals surface area contributed by atoms with Crippen molar-refractivity contribution in [3.8, 4) is 0 Å². The van der Waals surface area contributed by atoms with Crippen LogP contribution in [0.3, 0.4) is 0 Å². The van der Waals surface area contributed by atoms with Gasteiger partial charge in [-0.05, 0) is 12.8 Å². The van der Waals surface area contributed by atoms with Gasteiger partial charge in [0.15, 0.2) is 0 Å². The van der Waals surface area contributed by atoms with Crippen LogP contribution in [-0.4, -0.2) is 20.6 Å². The van der Waals surface area contributed by atoms with Gasteiger partial charge in [-0.25, -0.2) is 4.98 Å². The molecule has 0 spiro atoms. The summed E-state index contributed by atoms with van der Waals surface area (Å²) >= 11 is 0. The van der Waals surface area contributed by atoms with Gasteiger partial charge in [0, 0.05) is 12.2 Å². The average Bonchev–Trinajstić information content (AvgIpc) is 2.52. The van der Waals surface area contributed by atoms with Gasteiger partial charge in [0.1, 0.15) is 0 Å². The first-order valence-electron chi connectivity index (χ1n) is 4.02. The van der Waals surface area contributed by atoms with E-state index in [-0.39, 0.29) is 6.42 Å². The molecule has 64 valence electrons. The Labute approximate surface area is 69.8 Å². The number of hydrogen-bond acceptors (Lipinski definition) is 2. The van der Waals surface area contributed by atoms with Gasteiger partial charge in [-0.2, -0.15) is 0 Å². The second kappa shape index (κ2) is 2.62. The number of hydrogen-bond donors (Lipinski definition) is 1. The van der Waals surface area contributed by atoms with Gasteiger partial charge < -0.3 is 9.67 Å². The van der Waals surface area contributed by atoms with Crippen LogP contribution in [0.15, 0.2) is 6.33 Å². The van der Waals surface area contributed by atoms with Crippen LogP contribution < -0.4 is 0 Å². The Morgan fingerprint density at radius 2 is 2.58 bits per heavy atom. The number of aromatic nitrogens is 2. The molecule has 0 saturated carbocycles. The highest BCUT2D eigenvalue weighted by Gasteiger charge is 2.17. The second-order valence-electron chi connectivity index (χ2n) is 3.01. The van der Waals surface area contributed by atoms with E-state index in [2.05, 4.69) is 4.98 Å². The topological polar surface area (TPSA) is 55.1 Å². The van der Waals surface area contributed by atoms with E-state index in [9.17, 15) is 4.79 Å². The maximum absolute atomic E-state index is 10.4. The van der Waals surface area contributed by atoms with Crippen molar-refractivity contribution in [3.05, 3.63) is 17.7 Å². The van der Waals surface area contributed by atoms with Crippen LogP contribution in [0.1, 0.15) is 17.8 Å². The van der Waals surface area contributed by atoms with Crippen LogP contribution in [-0.2, 0) is 24.2 Å². The summed E-state index contributed by atoms with van der Waals surface area (Å²) < 4.78 is 2.04. The molecule has 0 atom stereocenters. The fourth-order valence-corrected chi connectivity index (χ4v) is 1.64. The Morgan fingerprint density at radius 3 is 3.33 bits per heavy atom. The summed E-state index contributed by atoms with van der Waals surface area (Å²) in [5, 5.41) is 8.57. The summed E-state index contributed by atoms with van der Waals surface area (Å²) in [5.74, 6) is -0.802. The van der Waals surface area contributed by atoms with E-state index in [1.807, 2.05) is 4.57 Å². The van der Waals surface area contributed by atoms with Gasteiger partial charge >= 0.3 is 5.97 Å². The quantitative estimate of drug-likeness (QED) is 0.694. The van der Waals surface area contributed by atoms with Crippen LogP contribution in [0.25, 0.3) is 0 Å². The predicted octanol–water partition coefficient (Wildman–Crippen LogP) is 0.456. The van der Waals surface area contributed by atoms with Gasteiger partial charge in [-0.1, -0.05) is 0 Å². The molecule has 1 aliphatic rings. The molecule has 0 aliphatic carbocycles. The SMILES string of the molecule is O=C(O)Cc1ncn2c1CCC2. The van der Waals surface area contributed by atoms with Crippen molar-refractivity contribution in [2.75, 3.05) is 0 Å². The summed E-state index contributed by atoms with van der Waals surface area (Å²) in [6.45, 7) is 0.988. The van der Waals surface area contributed by atoms with Crippen LogP contribution in [0, 0.1) is 0 Å². The minimum atomic E-state index is -0.802. The summed E-state index contributed by atoms with van der Waals surface area (Å²) in [6.07, 6.45) is 3.88. The Morgan fingerprint density at radius 1 is 1.75 bits per heavy atom. The lowest BCUT2D eigenvalue weighted by Crippen LogP contribution is -2.03. The summed E-state index contributed by atoms with van der Waals surface area (Å²) in [5.41, 5.74) is 1.84. The number of nitrogens with zero attached hydrogens (tertiary/aromatic N) is 2. The highest BCUT2D eigenvalue weighted by molar-refractivity contribution is 5.69. The van der Waals surface area contributed by atoms with E-state index < -0.39 is 5.97 Å². The fraction of sp³-hybridized carbons (Fsp3) is 0.500. The number of carboxylic acid groups (broad SMARTS) is 1. The summed E-state index contributed by atoms with van der Waals surface area (Å²) in [7, 11) is 0. The van der Waals surface area contributed by atoms with Crippen molar-refractivity contribution < 1.29 is 9.90 Å². The molecule has 1 aromatic rings. The lowest BCUT2D eigenvalue weighted by atomic mass is 10.2. The molecule has 2 heterocycles. The third kappa shape index (κ3) is 1.09. The molecule has 0 saturated heterocycles. The molecular weight excluding hydrogens is 156 g/mol. The Balaban J connectivity index is 2.27. The van der Waals surface area contributed by atoms with Crippen molar-refractivity contribution >= 4 is 5.97 Å². The molecule has 2 rings (SSSR count). The number of imidazole rings is 1. The molecule has 1 aliphatic heterocycles. The fourth-order valence-electron chi connectivity index (χ4n) is 1.64. The van der Waals surface area contributed by atoms with E-state index in [0.717, 1.165) is 30.8 Å². The molecule has 1 N–H and O–H groups in total. The van der Waals surface area contributed by atoms with Crippen LogP contribution in [0.5, 0.6) is 0 Å². The number of rotatable bonds is 2. The van der Waals surface area contributed by atoms with Crippen LogP contribution in [0.4, 0.5) is 0 Å². The van der Waals surface area contributed by atoms with Crippen molar-refractivity contribution in [3.63, 3.8) is 0 Å². The van der Waals surface area contributed by atoms with Crippen molar-refractivity contribution in [1.82, 2.24) is 9.55 Å². The number of fused-ring (bicyclic) bond motifs is 1. The van der Waals surface area contributed by atoms with E-state index >= 15 is 0 Å². The largest absolute Gasteiger partial charge is 0.481 e. The highest BCUT2D eigenvalue weighted by atomic mass is 16.4. The Kier molecular flexibility index (Phi) is 1.60. The normalized spacial score (nSPS) is 14.7. The molecule has 0 radical (unpaired) electrons. The molecule has 0 bridgehead atoms. The monoisotopic (exact) mass is 166 g/mol. The smallest absolute Gasteiger partial charge is 0.309 e. The van der Waals surface area contributed by atoms with Gasteiger partial charge in [-0.15, -0.1) is 0 Å². The second-order valence-corrected chi connectivity index (χ2v) is 3.01. The minimum absolute atomic E-state index is 0.0579. The number of carbonyl (C=O) groups is 1. The average molecular weight is 166 g/mol. The summed E-state index contributed by atoms with van der Waals surface area (Å²) in [6, 6.07) is 0. The number of aryl methyl sites for hydroxylation is 1. The van der Waals surface area contributed by atoms with Gasteiger partial charge in [0.2, 0.25) is 0 Å². The van der Waals surface area contributed by atoms with Crippen molar-refractivity contribution in [2.45, 2.75) is 25.8 Å². The maximum Gasteiger partial charge on any atom is 0.309 e. The summed E-state index contributed by atoms with van der Waals surface area (Å²) in [4.78, 5) is 14.5. The minimum Gasteiger partial charge on any atom is -0.481 e. The zero-order valence-electron chi connectivity index (χ0n) is 6.66. The molecule has 12 heavy (non-hydrogen) atoms. The third-order valence-corrected chi connectivity index (χ3v) is 2.16. The molecule has 0 unspecified atom stereocenters. The van der Waals surface area contributed by atoms with E-state index in [1.165, 1.54) is 0 Å². The Bertz CT molecular complexity index is 317. The lowest BCUT2D eigenvalue weighted by Gasteiger charge is -1.94. The van der Waals surface area contributed by atoms with E-state index in [1.54, 1.807) is 6.33 Å². The maximum atomic E-state index is 10.4. The first-order chi connectivity index (χ1) is 5.77. The van der Waals surface area contributed by atoms with Gasteiger partial charge in [-0.3, -0.25) is 4.79 Å². The van der Waals surface area contributed by atoms with Gasteiger partial charge in [0.05, 0.1) is 18.4 Å². The van der Waals surface area contributed by atoms with Crippen molar-refractivity contribution in [2.24, 2.45) is 0 Å². The van der Waals surface area contributed by atoms with E-state index in [4.69, 9.17) is 5.11 Å². The predicted molar refractivity (Wildman–Crippen MR) is 41.9 cm³/mol. The van der Waals surface area contributed by atoms with Crippen LogP contribution in [0.2, 0.25) is 0 Å². The molecule has 4 nitrogen and oxygen atoms in total. The zero-order chi connectivity index (χ0) is 8.55. The molecule has 1 aromatic heterocycles. The molecule has 0 fully saturated rings. The van der Waals surface area contributed by atoms with E-state index in [0.29, 0.717) is 0 Å². The highest BCUT2D eigenvalue weighted by Crippen LogP contribution is 2.17. The number of carboxylic acids is 1. The standard InChI is InChI=1S/C8H10N2O2/c11-8(12)4-6-7-2-1-3-10(7)5-9-6/h5H,1-4H2,(H,11,12). The Hall–Kier alpha value is -1.32. The zero-order valence-corrected chi connectivity index (χ0v) is 6.66. The van der Waals surface area contributed by atoms with Crippen molar-refractivity contribution in [1.29, 1.82) is 0 Å². The van der Waals surface area contributed by atoms with Gasteiger partial charge in [0.25, 0.3) is 0 Å². The van der Waals surface area contributed by atoms with Crippen LogP contribution >= 0.6 is 0 Å². The molecule has 0 amide bonds. The lowest BCUT2D eigenvalue weighted by molar-refractivity contribution is -0.136. The first kappa shape index (κ1) is 7.34. The number of aliphatic carboxylic acids is 1. The third-order valence-electron chi connectivity index (χ3n) is 2.16.